The van der Waals surface area contributed by atoms with Gasteiger partial charge in [0.2, 0.25) is 5.91 Å². The van der Waals surface area contributed by atoms with Gasteiger partial charge < -0.3 is 14.5 Å². The number of aryl methyl sites for hydroxylation is 1. The second kappa shape index (κ2) is 8.15. The number of hydrogen-bond donors (Lipinski definition) is 1. The van der Waals surface area contributed by atoms with Crippen molar-refractivity contribution in [2.45, 2.75) is 25.8 Å². The van der Waals surface area contributed by atoms with Gasteiger partial charge in [0.05, 0.1) is 12.7 Å². The van der Waals surface area contributed by atoms with Gasteiger partial charge in [-0.1, -0.05) is 12.1 Å². The van der Waals surface area contributed by atoms with Crippen molar-refractivity contribution in [1.29, 1.82) is 0 Å². The zero-order chi connectivity index (χ0) is 16.6. The zero-order valence-corrected chi connectivity index (χ0v) is 13.6. The van der Waals surface area contributed by atoms with Crippen LogP contribution in [0.2, 0.25) is 0 Å². The van der Waals surface area contributed by atoms with E-state index in [0.717, 1.165) is 37.2 Å². The Labute approximate surface area is 142 Å². The Kier molecular flexibility index (Phi) is 5.45. The summed E-state index contributed by atoms with van der Waals surface area (Å²) in [6.07, 6.45) is 12.0. The van der Waals surface area contributed by atoms with Gasteiger partial charge in [0, 0.05) is 43.6 Å². The summed E-state index contributed by atoms with van der Waals surface area (Å²) in [6.45, 7) is 1.66. The maximum Gasteiger partial charge on any atom is 0.224 e. The SMILES string of the molecule is O=C(Cc1ccc(-n2cccc2)cc1)NCCCCn1ccnc1. The predicted molar refractivity (Wildman–Crippen MR) is 93.9 cm³/mol. The van der Waals surface area contributed by atoms with E-state index in [1.54, 1.807) is 6.20 Å². The first kappa shape index (κ1) is 16.1. The summed E-state index contributed by atoms with van der Waals surface area (Å²) in [7, 11) is 0. The van der Waals surface area contributed by atoms with Crippen LogP contribution in [0.5, 0.6) is 0 Å². The third-order valence-electron chi connectivity index (χ3n) is 3.93. The molecule has 0 unspecified atom stereocenters. The molecule has 0 aliphatic carbocycles. The van der Waals surface area contributed by atoms with Crippen LogP contribution in [0, 0.1) is 0 Å². The van der Waals surface area contributed by atoms with E-state index < -0.39 is 0 Å². The van der Waals surface area contributed by atoms with Crippen molar-refractivity contribution in [2.75, 3.05) is 6.54 Å². The normalized spacial score (nSPS) is 10.7. The fourth-order valence-electron chi connectivity index (χ4n) is 2.61. The second-order valence-electron chi connectivity index (χ2n) is 5.79. The molecule has 5 nitrogen and oxygen atoms in total. The molecule has 3 rings (SSSR count). The highest BCUT2D eigenvalue weighted by atomic mass is 16.1. The first-order valence-electron chi connectivity index (χ1n) is 8.26. The van der Waals surface area contributed by atoms with Gasteiger partial charge >= 0.3 is 0 Å². The van der Waals surface area contributed by atoms with Crippen LogP contribution in [0.1, 0.15) is 18.4 Å². The number of carbonyl (C=O) groups excluding carboxylic acids is 1. The molecule has 1 aromatic carbocycles. The van der Waals surface area contributed by atoms with Crippen LogP contribution in [0.25, 0.3) is 5.69 Å². The van der Waals surface area contributed by atoms with Crippen molar-refractivity contribution in [3.05, 3.63) is 73.1 Å². The lowest BCUT2D eigenvalue weighted by Gasteiger charge is -2.07. The van der Waals surface area contributed by atoms with Crippen LogP contribution < -0.4 is 5.32 Å². The summed E-state index contributed by atoms with van der Waals surface area (Å²) in [6, 6.07) is 12.1. The van der Waals surface area contributed by atoms with Crippen molar-refractivity contribution >= 4 is 5.91 Å². The minimum absolute atomic E-state index is 0.0753. The Balaban J connectivity index is 1.37. The highest BCUT2D eigenvalue weighted by molar-refractivity contribution is 5.78. The average Bonchev–Trinajstić information content (AvgIpc) is 3.29. The molecule has 0 saturated carbocycles. The van der Waals surface area contributed by atoms with Crippen molar-refractivity contribution in [2.24, 2.45) is 0 Å². The molecule has 0 saturated heterocycles. The molecule has 2 aromatic heterocycles. The molecule has 0 radical (unpaired) electrons. The Morgan fingerprint density at radius 1 is 1.04 bits per heavy atom. The van der Waals surface area contributed by atoms with Crippen molar-refractivity contribution in [3.63, 3.8) is 0 Å². The van der Waals surface area contributed by atoms with Gasteiger partial charge in [0.15, 0.2) is 0 Å². The first-order chi connectivity index (χ1) is 11.8. The van der Waals surface area contributed by atoms with Crippen LogP contribution in [-0.4, -0.2) is 26.6 Å². The second-order valence-corrected chi connectivity index (χ2v) is 5.79. The van der Waals surface area contributed by atoms with Crippen LogP contribution in [0.4, 0.5) is 0 Å². The van der Waals surface area contributed by atoms with Crippen LogP contribution in [0.15, 0.2) is 67.5 Å². The Hall–Kier alpha value is -2.82. The van der Waals surface area contributed by atoms with E-state index in [4.69, 9.17) is 0 Å². The summed E-state index contributed by atoms with van der Waals surface area (Å²) < 4.78 is 4.10. The molecule has 0 bridgehead atoms. The molecule has 1 N–H and O–H groups in total. The highest BCUT2D eigenvalue weighted by Crippen LogP contribution is 2.10. The quantitative estimate of drug-likeness (QED) is 0.648. The molecule has 3 aromatic rings. The molecular weight excluding hydrogens is 300 g/mol. The molecule has 124 valence electrons. The lowest BCUT2D eigenvalue weighted by Crippen LogP contribution is -2.26. The fraction of sp³-hybridized carbons (Fsp3) is 0.263. The minimum Gasteiger partial charge on any atom is -0.356 e. The number of aromatic nitrogens is 3. The molecule has 0 atom stereocenters. The largest absolute Gasteiger partial charge is 0.356 e. The Morgan fingerprint density at radius 3 is 2.54 bits per heavy atom. The third-order valence-corrected chi connectivity index (χ3v) is 3.93. The summed E-state index contributed by atoms with van der Waals surface area (Å²) in [5.74, 6) is 0.0753. The molecule has 0 spiro atoms. The number of rotatable bonds is 8. The van der Waals surface area contributed by atoms with Crippen molar-refractivity contribution < 1.29 is 4.79 Å². The summed E-state index contributed by atoms with van der Waals surface area (Å²) in [5, 5.41) is 2.98. The smallest absolute Gasteiger partial charge is 0.224 e. The van der Waals surface area contributed by atoms with Gasteiger partial charge in [-0.25, -0.2) is 4.98 Å². The van der Waals surface area contributed by atoms with Crippen molar-refractivity contribution in [3.8, 4) is 5.69 Å². The molecule has 2 heterocycles. The van der Waals surface area contributed by atoms with Gasteiger partial charge in [0.25, 0.3) is 0 Å². The van der Waals surface area contributed by atoms with E-state index in [1.165, 1.54) is 0 Å². The van der Waals surface area contributed by atoms with E-state index in [-0.39, 0.29) is 5.91 Å². The summed E-state index contributed by atoms with van der Waals surface area (Å²) in [5.41, 5.74) is 2.13. The van der Waals surface area contributed by atoms with E-state index in [2.05, 4.69) is 10.3 Å². The number of nitrogens with one attached hydrogen (secondary N) is 1. The first-order valence-corrected chi connectivity index (χ1v) is 8.26. The Bertz CT molecular complexity index is 730. The van der Waals surface area contributed by atoms with Gasteiger partial charge in [-0.3, -0.25) is 4.79 Å². The van der Waals surface area contributed by atoms with Crippen molar-refractivity contribution in [1.82, 2.24) is 19.4 Å². The van der Waals surface area contributed by atoms with Gasteiger partial charge in [-0.2, -0.15) is 0 Å². The number of benzene rings is 1. The number of unbranched alkanes of at least 4 members (excludes halogenated alkanes) is 1. The third kappa shape index (κ3) is 4.59. The van der Waals surface area contributed by atoms with E-state index >= 15 is 0 Å². The van der Waals surface area contributed by atoms with E-state index in [9.17, 15) is 4.79 Å². The molecule has 0 aliphatic heterocycles. The topological polar surface area (TPSA) is 51.9 Å². The number of imidazole rings is 1. The molecule has 1 amide bonds. The molecule has 0 fully saturated rings. The van der Waals surface area contributed by atoms with Gasteiger partial charge in [0.1, 0.15) is 0 Å². The summed E-state index contributed by atoms with van der Waals surface area (Å²) in [4.78, 5) is 16.0. The minimum atomic E-state index is 0.0753. The highest BCUT2D eigenvalue weighted by Gasteiger charge is 2.03. The molecule has 0 aliphatic rings. The number of nitrogens with zero attached hydrogens (tertiary/aromatic N) is 3. The predicted octanol–water partition coefficient (Wildman–Crippen LogP) is 2.81. The van der Waals surface area contributed by atoms with E-state index in [1.807, 2.05) is 70.5 Å². The lowest BCUT2D eigenvalue weighted by atomic mass is 10.1. The molecule has 5 heteroatoms. The van der Waals surface area contributed by atoms with Gasteiger partial charge in [-0.15, -0.1) is 0 Å². The zero-order valence-electron chi connectivity index (χ0n) is 13.6. The van der Waals surface area contributed by atoms with Crippen LogP contribution in [-0.2, 0) is 17.8 Å². The van der Waals surface area contributed by atoms with Crippen LogP contribution in [0.3, 0.4) is 0 Å². The lowest BCUT2D eigenvalue weighted by molar-refractivity contribution is -0.120. The number of amides is 1. The monoisotopic (exact) mass is 322 g/mol. The Morgan fingerprint density at radius 2 is 1.83 bits per heavy atom. The summed E-state index contributed by atoms with van der Waals surface area (Å²) >= 11 is 0. The van der Waals surface area contributed by atoms with Gasteiger partial charge in [-0.05, 0) is 42.7 Å². The number of hydrogen-bond acceptors (Lipinski definition) is 2. The maximum atomic E-state index is 12.0. The molecule has 24 heavy (non-hydrogen) atoms. The van der Waals surface area contributed by atoms with Crippen LogP contribution >= 0.6 is 0 Å². The maximum absolute atomic E-state index is 12.0. The average molecular weight is 322 g/mol. The number of carbonyl (C=O) groups is 1. The standard InChI is InChI=1S/C19H22N4O/c24-19(21-9-1-2-11-22-14-10-20-16-22)15-17-5-7-18(8-6-17)23-12-3-4-13-23/h3-8,10,12-14,16H,1-2,9,11,15H2,(H,21,24). The van der Waals surface area contributed by atoms with E-state index in [0.29, 0.717) is 6.42 Å². The fourth-order valence-corrected chi connectivity index (χ4v) is 2.61. The molecular formula is C19H22N4O.